The molecule has 0 spiro atoms. The number of nitrogens with two attached hydrogens (primary N) is 2. The Balaban J connectivity index is 3.07. The molecule has 0 aliphatic rings. The Morgan fingerprint density at radius 2 is 1.95 bits per heavy atom. The van der Waals surface area contributed by atoms with Gasteiger partial charge in [-0.1, -0.05) is 0 Å². The van der Waals surface area contributed by atoms with Gasteiger partial charge in [0.05, 0.1) is 13.2 Å². The van der Waals surface area contributed by atoms with Crippen molar-refractivity contribution >= 4 is 17.5 Å². The molecular formula is C14H21N3O3. The lowest BCUT2D eigenvalue weighted by Gasteiger charge is -2.25. The summed E-state index contributed by atoms with van der Waals surface area (Å²) in [5.41, 5.74) is 11.7. The second kappa shape index (κ2) is 6.79. The number of amides is 2. The fourth-order valence-corrected chi connectivity index (χ4v) is 1.82. The van der Waals surface area contributed by atoms with Crippen LogP contribution in [0.3, 0.4) is 0 Å². The molecule has 0 bridgehead atoms. The average molecular weight is 279 g/mol. The number of primary amides is 1. The molecule has 0 radical (unpaired) electrons. The maximum atomic E-state index is 12.4. The van der Waals surface area contributed by atoms with Gasteiger partial charge in [-0.05, 0) is 32.9 Å². The normalized spacial score (nSPS) is 10.4. The van der Waals surface area contributed by atoms with Crippen LogP contribution < -0.4 is 16.2 Å². The van der Waals surface area contributed by atoms with Crippen LogP contribution in [0.15, 0.2) is 18.2 Å². The highest BCUT2D eigenvalue weighted by atomic mass is 16.5. The van der Waals surface area contributed by atoms with Gasteiger partial charge in [0.2, 0.25) is 5.91 Å². The van der Waals surface area contributed by atoms with Crippen LogP contribution in [0.4, 0.5) is 5.69 Å². The molecule has 1 rings (SSSR count). The summed E-state index contributed by atoms with van der Waals surface area (Å²) in [6.45, 7) is 5.83. The monoisotopic (exact) mass is 279 g/mol. The largest absolute Gasteiger partial charge is 0.494 e. The molecule has 0 atom stereocenters. The molecule has 0 aromatic heterocycles. The van der Waals surface area contributed by atoms with Crippen LogP contribution in [0.1, 0.15) is 31.1 Å². The number of nitrogen functional groups attached to an aromatic ring is 1. The fourth-order valence-electron chi connectivity index (χ4n) is 1.82. The van der Waals surface area contributed by atoms with Crippen LogP contribution in [-0.4, -0.2) is 35.9 Å². The van der Waals surface area contributed by atoms with Crippen molar-refractivity contribution in [2.24, 2.45) is 5.73 Å². The molecule has 0 saturated heterocycles. The van der Waals surface area contributed by atoms with Crippen LogP contribution >= 0.6 is 0 Å². The summed E-state index contributed by atoms with van der Waals surface area (Å²) >= 11 is 0. The Labute approximate surface area is 118 Å². The average Bonchev–Trinajstić information content (AvgIpc) is 2.34. The number of hydrogen-bond acceptors (Lipinski definition) is 4. The van der Waals surface area contributed by atoms with Gasteiger partial charge in [0.15, 0.2) is 0 Å². The first-order valence-corrected chi connectivity index (χ1v) is 6.47. The molecule has 0 fully saturated rings. The van der Waals surface area contributed by atoms with E-state index in [0.29, 0.717) is 23.6 Å². The summed E-state index contributed by atoms with van der Waals surface area (Å²) in [5, 5.41) is 0. The lowest BCUT2D eigenvalue weighted by Crippen LogP contribution is -2.42. The van der Waals surface area contributed by atoms with Gasteiger partial charge in [0, 0.05) is 23.4 Å². The summed E-state index contributed by atoms with van der Waals surface area (Å²) in [5.74, 6) is -0.327. The van der Waals surface area contributed by atoms with Gasteiger partial charge in [-0.25, -0.2) is 0 Å². The predicted octanol–water partition coefficient (Wildman–Crippen LogP) is 1.00. The Hall–Kier alpha value is -2.24. The van der Waals surface area contributed by atoms with Crippen molar-refractivity contribution in [2.45, 2.75) is 26.8 Å². The van der Waals surface area contributed by atoms with E-state index in [0.717, 1.165) is 0 Å². The van der Waals surface area contributed by atoms with Crippen molar-refractivity contribution in [2.75, 3.05) is 18.9 Å². The Morgan fingerprint density at radius 3 is 2.45 bits per heavy atom. The lowest BCUT2D eigenvalue weighted by molar-refractivity contribution is -0.119. The number of rotatable bonds is 6. The summed E-state index contributed by atoms with van der Waals surface area (Å²) in [7, 11) is 0. The van der Waals surface area contributed by atoms with Crippen molar-refractivity contribution < 1.29 is 14.3 Å². The molecule has 0 heterocycles. The minimum Gasteiger partial charge on any atom is -0.494 e. The van der Waals surface area contributed by atoms with Crippen molar-refractivity contribution in [3.05, 3.63) is 23.8 Å². The smallest absolute Gasteiger partial charge is 0.254 e. The summed E-state index contributed by atoms with van der Waals surface area (Å²) in [4.78, 5) is 24.9. The fraction of sp³-hybridized carbons (Fsp3) is 0.429. The van der Waals surface area contributed by atoms with E-state index in [1.165, 1.54) is 4.90 Å². The van der Waals surface area contributed by atoms with Gasteiger partial charge in [-0.2, -0.15) is 0 Å². The highest BCUT2D eigenvalue weighted by Crippen LogP contribution is 2.20. The molecule has 2 amide bonds. The standard InChI is InChI=1S/C14H21N3O3/c1-4-20-12-6-10(5-11(15)7-12)14(19)17(9(2)3)8-13(16)18/h5-7,9H,4,8,15H2,1-3H3,(H2,16,18). The maximum Gasteiger partial charge on any atom is 0.254 e. The first-order valence-electron chi connectivity index (χ1n) is 6.47. The topological polar surface area (TPSA) is 98.7 Å². The number of benzene rings is 1. The summed E-state index contributed by atoms with van der Waals surface area (Å²) in [6.07, 6.45) is 0. The molecule has 0 unspecified atom stereocenters. The zero-order valence-electron chi connectivity index (χ0n) is 12.1. The lowest BCUT2D eigenvalue weighted by atomic mass is 10.1. The van der Waals surface area contributed by atoms with Gasteiger partial charge < -0.3 is 21.1 Å². The highest BCUT2D eigenvalue weighted by Gasteiger charge is 2.21. The van der Waals surface area contributed by atoms with Crippen LogP contribution in [0.5, 0.6) is 5.75 Å². The number of nitrogens with zero attached hydrogens (tertiary/aromatic N) is 1. The van der Waals surface area contributed by atoms with E-state index >= 15 is 0 Å². The van der Waals surface area contributed by atoms with Crippen LogP contribution in [0.2, 0.25) is 0 Å². The third-order valence-electron chi connectivity index (χ3n) is 2.70. The first-order chi connectivity index (χ1) is 9.35. The molecule has 1 aromatic carbocycles. The van der Waals surface area contributed by atoms with Crippen LogP contribution in [0, 0.1) is 0 Å². The van der Waals surface area contributed by atoms with Crippen molar-refractivity contribution in [1.29, 1.82) is 0 Å². The second-order valence-corrected chi connectivity index (χ2v) is 4.72. The highest BCUT2D eigenvalue weighted by molar-refractivity contribution is 5.97. The van der Waals surface area contributed by atoms with Crippen molar-refractivity contribution in [1.82, 2.24) is 4.90 Å². The zero-order chi connectivity index (χ0) is 15.3. The summed E-state index contributed by atoms with van der Waals surface area (Å²) < 4.78 is 5.36. The first kappa shape index (κ1) is 15.8. The zero-order valence-corrected chi connectivity index (χ0v) is 12.1. The number of carbonyl (C=O) groups excluding carboxylic acids is 2. The number of anilines is 1. The van der Waals surface area contributed by atoms with E-state index in [-0.39, 0.29) is 18.5 Å². The minimum atomic E-state index is -0.555. The van der Waals surface area contributed by atoms with E-state index in [4.69, 9.17) is 16.2 Å². The van der Waals surface area contributed by atoms with E-state index in [1.807, 2.05) is 20.8 Å². The molecule has 6 nitrogen and oxygen atoms in total. The van der Waals surface area contributed by atoms with Crippen molar-refractivity contribution in [3.63, 3.8) is 0 Å². The number of hydrogen-bond donors (Lipinski definition) is 2. The SMILES string of the molecule is CCOc1cc(N)cc(C(=O)N(CC(N)=O)C(C)C)c1. The Morgan fingerprint density at radius 1 is 1.30 bits per heavy atom. The Kier molecular flexibility index (Phi) is 5.37. The van der Waals surface area contributed by atoms with E-state index < -0.39 is 5.91 Å². The van der Waals surface area contributed by atoms with Gasteiger partial charge in [-0.3, -0.25) is 9.59 Å². The quantitative estimate of drug-likeness (QED) is 0.759. The molecule has 110 valence electrons. The molecule has 1 aromatic rings. The minimum absolute atomic E-state index is 0.130. The molecule has 6 heteroatoms. The molecule has 0 saturated carbocycles. The van der Waals surface area contributed by atoms with Gasteiger partial charge in [0.25, 0.3) is 5.91 Å². The van der Waals surface area contributed by atoms with Crippen LogP contribution in [0.25, 0.3) is 0 Å². The third-order valence-corrected chi connectivity index (χ3v) is 2.70. The summed E-state index contributed by atoms with van der Waals surface area (Å²) in [6, 6.07) is 4.67. The number of carbonyl (C=O) groups is 2. The molecule has 4 N–H and O–H groups in total. The molecule has 0 aliphatic heterocycles. The Bertz CT molecular complexity index is 500. The maximum absolute atomic E-state index is 12.4. The van der Waals surface area contributed by atoms with E-state index in [9.17, 15) is 9.59 Å². The van der Waals surface area contributed by atoms with E-state index in [1.54, 1.807) is 18.2 Å². The molecule has 20 heavy (non-hydrogen) atoms. The van der Waals surface area contributed by atoms with Crippen molar-refractivity contribution in [3.8, 4) is 5.75 Å². The molecular weight excluding hydrogens is 258 g/mol. The van der Waals surface area contributed by atoms with Crippen LogP contribution in [-0.2, 0) is 4.79 Å². The second-order valence-electron chi connectivity index (χ2n) is 4.72. The molecule has 0 aliphatic carbocycles. The predicted molar refractivity (Wildman–Crippen MR) is 77.4 cm³/mol. The van der Waals surface area contributed by atoms with Gasteiger partial charge in [0.1, 0.15) is 5.75 Å². The number of ether oxygens (including phenoxy) is 1. The van der Waals surface area contributed by atoms with E-state index in [2.05, 4.69) is 0 Å². The van der Waals surface area contributed by atoms with Gasteiger partial charge >= 0.3 is 0 Å². The third kappa shape index (κ3) is 4.15. The van der Waals surface area contributed by atoms with Gasteiger partial charge in [-0.15, -0.1) is 0 Å².